The number of hydrogen-bond acceptors (Lipinski definition) is 7. The number of rotatable bonds is 5. The fourth-order valence-corrected chi connectivity index (χ4v) is 6.59. The Morgan fingerprint density at radius 1 is 0.973 bits per heavy atom. The number of ether oxygens (including phenoxy) is 2. The van der Waals surface area contributed by atoms with Crippen LogP contribution in [0.5, 0.6) is 11.5 Å². The normalized spacial score (nSPS) is 20.2. The lowest BCUT2D eigenvalue weighted by Crippen LogP contribution is -2.47. The molecule has 10 nitrogen and oxygen atoms in total. The van der Waals surface area contributed by atoms with Gasteiger partial charge in [0, 0.05) is 43.4 Å². The third kappa shape index (κ3) is 4.29. The molecular formula is C26H25N3O7S. The Bertz CT molecular complexity index is 1570. The number of carbonyl (C=O) groups is 1. The first kappa shape index (κ1) is 23.4. The quantitative estimate of drug-likeness (QED) is 0.523. The zero-order valence-corrected chi connectivity index (χ0v) is 20.6. The first-order chi connectivity index (χ1) is 17.8. The van der Waals surface area contributed by atoms with Gasteiger partial charge in [-0.2, -0.15) is 0 Å². The minimum atomic E-state index is -4.07. The topological polar surface area (TPSA) is 127 Å². The number of aromatic nitrogens is 1. The molecule has 0 radical (unpaired) electrons. The lowest BCUT2D eigenvalue weighted by Gasteiger charge is -2.44. The summed E-state index contributed by atoms with van der Waals surface area (Å²) in [5.41, 5.74) is 1.69. The third-order valence-electron chi connectivity index (χ3n) is 7.13. The minimum absolute atomic E-state index is 0.0145. The Kier molecular flexibility index (Phi) is 5.59. The molecule has 4 heterocycles. The second-order valence-electron chi connectivity index (χ2n) is 9.55. The van der Waals surface area contributed by atoms with Crippen molar-refractivity contribution in [2.24, 2.45) is 5.92 Å². The molecule has 6 rings (SSSR count). The summed E-state index contributed by atoms with van der Waals surface area (Å²) in [5, 5.41) is 9.57. The predicted octanol–water partition coefficient (Wildman–Crippen LogP) is 2.74. The Labute approximate surface area is 213 Å². The van der Waals surface area contributed by atoms with Gasteiger partial charge in [-0.25, -0.2) is 13.2 Å². The van der Waals surface area contributed by atoms with Crippen molar-refractivity contribution < 1.29 is 27.8 Å². The number of hydrogen-bond donors (Lipinski definition) is 2. The van der Waals surface area contributed by atoms with Gasteiger partial charge in [-0.15, -0.1) is 0 Å². The van der Waals surface area contributed by atoms with Crippen LogP contribution in [0.25, 0.3) is 0 Å². The van der Waals surface area contributed by atoms with Crippen LogP contribution in [0.1, 0.15) is 28.4 Å². The van der Waals surface area contributed by atoms with Crippen molar-refractivity contribution in [1.82, 2.24) is 4.57 Å². The molecule has 37 heavy (non-hydrogen) atoms. The van der Waals surface area contributed by atoms with Gasteiger partial charge >= 0.3 is 5.97 Å². The van der Waals surface area contributed by atoms with Gasteiger partial charge < -0.3 is 24.0 Å². The van der Waals surface area contributed by atoms with E-state index in [0.717, 1.165) is 12.1 Å². The number of benzene rings is 2. The van der Waals surface area contributed by atoms with Crippen LogP contribution >= 0.6 is 0 Å². The molecule has 2 N–H and O–H groups in total. The highest BCUT2D eigenvalue weighted by Gasteiger charge is 2.35. The van der Waals surface area contributed by atoms with Gasteiger partial charge in [0.1, 0.15) is 13.2 Å². The number of nitrogens with zero attached hydrogens (tertiary/aromatic N) is 2. The predicted molar refractivity (Wildman–Crippen MR) is 135 cm³/mol. The van der Waals surface area contributed by atoms with Crippen molar-refractivity contribution >= 4 is 27.4 Å². The van der Waals surface area contributed by atoms with E-state index in [1.807, 2.05) is 10.6 Å². The first-order valence-electron chi connectivity index (χ1n) is 12.0. The molecule has 0 saturated carbocycles. The van der Waals surface area contributed by atoms with Crippen LogP contribution in [0.4, 0.5) is 11.4 Å². The van der Waals surface area contributed by atoms with Gasteiger partial charge in [-0.1, -0.05) is 6.07 Å². The summed E-state index contributed by atoms with van der Waals surface area (Å²) in [6, 6.07) is 14.1. The first-order valence-corrected chi connectivity index (χ1v) is 13.5. The van der Waals surface area contributed by atoms with Crippen molar-refractivity contribution in [2.45, 2.75) is 23.8 Å². The van der Waals surface area contributed by atoms with Crippen molar-refractivity contribution in [3.63, 3.8) is 0 Å². The molecule has 11 heteroatoms. The maximum atomic E-state index is 13.4. The summed E-state index contributed by atoms with van der Waals surface area (Å²) in [7, 11) is -4.07. The van der Waals surface area contributed by atoms with E-state index in [2.05, 4.69) is 9.62 Å². The van der Waals surface area contributed by atoms with Gasteiger partial charge in [0.15, 0.2) is 11.5 Å². The van der Waals surface area contributed by atoms with Crippen LogP contribution in [0.3, 0.4) is 0 Å². The van der Waals surface area contributed by atoms with Crippen LogP contribution in [0.2, 0.25) is 0 Å². The molecule has 2 unspecified atom stereocenters. The van der Waals surface area contributed by atoms with E-state index in [9.17, 15) is 23.1 Å². The molecule has 0 spiro atoms. The van der Waals surface area contributed by atoms with Crippen LogP contribution in [0.15, 0.2) is 64.3 Å². The van der Waals surface area contributed by atoms with Gasteiger partial charge in [0.2, 0.25) is 0 Å². The monoisotopic (exact) mass is 523 g/mol. The highest BCUT2D eigenvalue weighted by molar-refractivity contribution is 7.92. The maximum Gasteiger partial charge on any atom is 0.335 e. The van der Waals surface area contributed by atoms with E-state index in [-0.39, 0.29) is 33.5 Å². The molecule has 2 bridgehead atoms. The van der Waals surface area contributed by atoms with Crippen molar-refractivity contribution in [3.8, 4) is 11.5 Å². The van der Waals surface area contributed by atoms with E-state index >= 15 is 0 Å². The Morgan fingerprint density at radius 3 is 2.59 bits per heavy atom. The van der Waals surface area contributed by atoms with E-state index < -0.39 is 16.0 Å². The smallest absolute Gasteiger partial charge is 0.335 e. The fourth-order valence-electron chi connectivity index (χ4n) is 5.51. The average molecular weight is 524 g/mol. The number of nitrogens with one attached hydrogen (secondary N) is 1. The molecule has 0 aliphatic carbocycles. The molecule has 2 aromatic carbocycles. The van der Waals surface area contributed by atoms with Crippen molar-refractivity contribution in [1.29, 1.82) is 0 Å². The van der Waals surface area contributed by atoms with E-state index in [1.54, 1.807) is 24.3 Å². The van der Waals surface area contributed by atoms with Crippen LogP contribution in [-0.4, -0.2) is 50.4 Å². The Hall–Kier alpha value is -3.99. The molecule has 2 atom stereocenters. The lowest BCUT2D eigenvalue weighted by molar-refractivity contribution is 0.0697. The van der Waals surface area contributed by atoms with E-state index in [4.69, 9.17) is 9.47 Å². The molecule has 0 amide bonds. The second kappa shape index (κ2) is 8.84. The SMILES string of the molecule is O=C(O)c1ccc(N2CC3CC(C2)c2cccc(=O)n2C3)c(NS(=O)(=O)c2ccc3c(c2)OCCO3)c1. The summed E-state index contributed by atoms with van der Waals surface area (Å²) >= 11 is 0. The molecular weight excluding hydrogens is 498 g/mol. The summed E-state index contributed by atoms with van der Waals surface area (Å²) in [6.07, 6.45) is 0.936. The highest BCUT2D eigenvalue weighted by atomic mass is 32.2. The minimum Gasteiger partial charge on any atom is -0.486 e. The molecule has 1 aromatic heterocycles. The largest absolute Gasteiger partial charge is 0.486 e. The zero-order chi connectivity index (χ0) is 25.7. The highest BCUT2D eigenvalue weighted by Crippen LogP contribution is 2.40. The third-order valence-corrected chi connectivity index (χ3v) is 8.50. The van der Waals surface area contributed by atoms with Gasteiger partial charge in [0.25, 0.3) is 15.6 Å². The molecule has 192 valence electrons. The second-order valence-corrected chi connectivity index (χ2v) is 11.2. The van der Waals surface area contributed by atoms with E-state index in [1.165, 1.54) is 24.3 Å². The standard InChI is InChI=1S/C26H25N3O7S/c30-25-3-1-2-21-18-10-16(14-29(21)25)13-28(15-18)22-6-4-17(26(31)32)11-20(22)27-37(33,34)19-5-7-23-24(12-19)36-9-8-35-23/h1-7,11-12,16,18,27H,8-10,13-15H2,(H,31,32). The van der Waals surface area contributed by atoms with Crippen LogP contribution in [-0.2, 0) is 16.6 Å². The Morgan fingerprint density at radius 2 is 1.78 bits per heavy atom. The number of fused-ring (bicyclic) bond motifs is 5. The average Bonchev–Trinajstić information content (AvgIpc) is 2.88. The number of carboxylic acid groups (broad SMARTS) is 1. The zero-order valence-electron chi connectivity index (χ0n) is 19.8. The number of anilines is 2. The molecule has 3 aliphatic rings. The van der Waals surface area contributed by atoms with Crippen molar-refractivity contribution in [2.75, 3.05) is 35.9 Å². The van der Waals surface area contributed by atoms with E-state index in [0.29, 0.717) is 50.0 Å². The summed E-state index contributed by atoms with van der Waals surface area (Å²) in [5.74, 6) is -0.0462. The molecule has 1 saturated heterocycles. The summed E-state index contributed by atoms with van der Waals surface area (Å²) < 4.78 is 42.2. The van der Waals surface area contributed by atoms with Crippen LogP contribution in [0, 0.1) is 5.92 Å². The van der Waals surface area contributed by atoms with Crippen LogP contribution < -0.4 is 24.7 Å². The Balaban J connectivity index is 1.35. The number of piperidine rings is 1. The summed E-state index contributed by atoms with van der Waals surface area (Å²) in [6.45, 7) is 2.49. The molecule has 3 aliphatic heterocycles. The number of aromatic carboxylic acids is 1. The lowest BCUT2D eigenvalue weighted by atomic mass is 9.83. The van der Waals surface area contributed by atoms with Gasteiger partial charge in [0.05, 0.1) is 21.8 Å². The molecule has 1 fully saturated rings. The maximum absolute atomic E-state index is 13.4. The van der Waals surface area contributed by atoms with Gasteiger partial charge in [-0.05, 0) is 48.7 Å². The number of carboxylic acids is 1. The fraction of sp³-hybridized carbons (Fsp3) is 0.308. The van der Waals surface area contributed by atoms with Gasteiger partial charge in [-0.3, -0.25) is 9.52 Å². The number of pyridine rings is 1. The molecule has 3 aromatic rings. The van der Waals surface area contributed by atoms with Crippen molar-refractivity contribution in [3.05, 3.63) is 76.2 Å². The summed E-state index contributed by atoms with van der Waals surface area (Å²) in [4.78, 5) is 26.2. The number of sulfonamides is 1.